The highest BCUT2D eigenvalue weighted by atomic mass is 16.8. The average Bonchev–Trinajstić information content (AvgIpc) is 2.41. The van der Waals surface area contributed by atoms with E-state index in [-0.39, 0.29) is 5.97 Å². The van der Waals surface area contributed by atoms with Crippen molar-refractivity contribution >= 4 is 5.97 Å². The lowest BCUT2D eigenvalue weighted by Gasteiger charge is -2.43. The summed E-state index contributed by atoms with van der Waals surface area (Å²) < 4.78 is 11.5. The Bertz CT molecular complexity index is 287. The maximum absolute atomic E-state index is 11.6. The van der Waals surface area contributed by atoms with E-state index < -0.39 is 11.9 Å². The van der Waals surface area contributed by atoms with Gasteiger partial charge in [-0.2, -0.15) is 0 Å². The number of hydrogen-bond donors (Lipinski definition) is 0. The smallest absolute Gasteiger partial charge is 0.337 e. The van der Waals surface area contributed by atoms with E-state index in [1.54, 1.807) is 6.92 Å². The van der Waals surface area contributed by atoms with Crippen molar-refractivity contribution in [2.45, 2.75) is 58.8 Å². The van der Waals surface area contributed by atoms with Crippen molar-refractivity contribution in [1.29, 1.82) is 0 Å². The van der Waals surface area contributed by atoms with Crippen molar-refractivity contribution in [3.8, 4) is 0 Å². The molecule has 0 aromatic heterocycles. The van der Waals surface area contributed by atoms with Gasteiger partial charge in [0.15, 0.2) is 6.10 Å². The van der Waals surface area contributed by atoms with Gasteiger partial charge in [0.1, 0.15) is 0 Å². The predicted octanol–water partition coefficient (Wildman–Crippen LogP) is 2.74. The van der Waals surface area contributed by atoms with E-state index in [0.29, 0.717) is 17.8 Å². The zero-order valence-electron chi connectivity index (χ0n) is 10.7. The van der Waals surface area contributed by atoms with Crippen LogP contribution in [0.25, 0.3) is 0 Å². The molecule has 1 aliphatic heterocycles. The molecule has 2 fully saturated rings. The Morgan fingerprint density at radius 3 is 2.50 bits per heavy atom. The summed E-state index contributed by atoms with van der Waals surface area (Å²) >= 11 is 0. The maximum atomic E-state index is 11.6. The van der Waals surface area contributed by atoms with Gasteiger partial charge in [0.05, 0.1) is 0 Å². The van der Waals surface area contributed by atoms with Crippen molar-refractivity contribution in [1.82, 2.24) is 0 Å². The zero-order valence-corrected chi connectivity index (χ0v) is 10.7. The highest BCUT2D eigenvalue weighted by molar-refractivity contribution is 5.76. The van der Waals surface area contributed by atoms with Crippen molar-refractivity contribution in [3.05, 3.63) is 0 Å². The van der Waals surface area contributed by atoms with Crippen LogP contribution in [0, 0.1) is 17.8 Å². The normalized spacial score (nSPS) is 44.1. The largest absolute Gasteiger partial charge is 0.431 e. The Hall–Kier alpha value is -0.570. The minimum Gasteiger partial charge on any atom is -0.431 e. The maximum Gasteiger partial charge on any atom is 0.337 e. The molecule has 0 N–H and O–H groups in total. The molecule has 2 rings (SSSR count). The SMILES string of the molecule is CC1OC2(C[C@H](C)CC[C@H]2C(C)C)OC1=O. The van der Waals surface area contributed by atoms with E-state index in [2.05, 4.69) is 20.8 Å². The Labute approximate surface area is 97.5 Å². The lowest BCUT2D eigenvalue weighted by atomic mass is 9.73. The summed E-state index contributed by atoms with van der Waals surface area (Å²) in [7, 11) is 0. The fourth-order valence-corrected chi connectivity index (χ4v) is 3.14. The van der Waals surface area contributed by atoms with E-state index >= 15 is 0 Å². The first kappa shape index (κ1) is 11.9. The molecule has 92 valence electrons. The van der Waals surface area contributed by atoms with Gasteiger partial charge in [-0.25, -0.2) is 4.79 Å². The molecule has 0 amide bonds. The van der Waals surface area contributed by atoms with Crippen molar-refractivity contribution in [2.75, 3.05) is 0 Å². The van der Waals surface area contributed by atoms with Crippen LogP contribution in [0.1, 0.15) is 47.0 Å². The van der Waals surface area contributed by atoms with Crippen molar-refractivity contribution in [3.63, 3.8) is 0 Å². The van der Waals surface area contributed by atoms with Crippen LogP contribution in [-0.4, -0.2) is 17.9 Å². The third-order valence-electron chi connectivity index (χ3n) is 3.95. The van der Waals surface area contributed by atoms with Gasteiger partial charge in [-0.15, -0.1) is 0 Å². The Morgan fingerprint density at radius 1 is 1.31 bits per heavy atom. The molecular formula is C13H22O3. The molecular weight excluding hydrogens is 204 g/mol. The van der Waals surface area contributed by atoms with Crippen molar-refractivity contribution < 1.29 is 14.3 Å². The van der Waals surface area contributed by atoms with Gasteiger partial charge < -0.3 is 9.47 Å². The lowest BCUT2D eigenvalue weighted by molar-refractivity contribution is -0.235. The molecule has 3 nitrogen and oxygen atoms in total. The molecule has 1 spiro atoms. The van der Waals surface area contributed by atoms with Crippen LogP contribution >= 0.6 is 0 Å². The van der Waals surface area contributed by atoms with Gasteiger partial charge in [0, 0.05) is 12.3 Å². The third-order valence-corrected chi connectivity index (χ3v) is 3.95. The molecule has 16 heavy (non-hydrogen) atoms. The summed E-state index contributed by atoms with van der Waals surface area (Å²) in [6, 6.07) is 0. The molecule has 2 unspecified atom stereocenters. The van der Waals surface area contributed by atoms with Crippen LogP contribution in [0.15, 0.2) is 0 Å². The molecule has 1 aliphatic carbocycles. The number of esters is 1. The zero-order chi connectivity index (χ0) is 11.9. The van der Waals surface area contributed by atoms with E-state index in [1.807, 2.05) is 0 Å². The molecule has 0 bridgehead atoms. The Balaban J connectivity index is 2.23. The molecule has 3 heteroatoms. The van der Waals surface area contributed by atoms with Gasteiger partial charge in [0.2, 0.25) is 5.79 Å². The average molecular weight is 226 g/mol. The highest BCUT2D eigenvalue weighted by Crippen LogP contribution is 2.47. The quantitative estimate of drug-likeness (QED) is 0.645. The van der Waals surface area contributed by atoms with Gasteiger partial charge in [-0.1, -0.05) is 20.8 Å². The molecule has 0 aromatic carbocycles. The van der Waals surface area contributed by atoms with Gasteiger partial charge in [-0.05, 0) is 31.6 Å². The van der Waals surface area contributed by atoms with E-state index in [1.165, 1.54) is 6.42 Å². The fraction of sp³-hybridized carbons (Fsp3) is 0.923. The first-order chi connectivity index (χ1) is 7.44. The number of hydrogen-bond acceptors (Lipinski definition) is 3. The summed E-state index contributed by atoms with van der Waals surface area (Å²) in [4.78, 5) is 11.6. The monoisotopic (exact) mass is 226 g/mol. The minimum atomic E-state index is -0.623. The number of rotatable bonds is 1. The number of carbonyl (C=O) groups is 1. The van der Waals surface area contributed by atoms with Gasteiger partial charge in [-0.3, -0.25) is 0 Å². The second-order valence-corrected chi connectivity index (χ2v) is 5.73. The summed E-state index contributed by atoms with van der Waals surface area (Å²) in [6.45, 7) is 8.36. The third kappa shape index (κ3) is 1.86. The van der Waals surface area contributed by atoms with Gasteiger partial charge in [0.25, 0.3) is 0 Å². The minimum absolute atomic E-state index is 0.195. The van der Waals surface area contributed by atoms with Crippen LogP contribution in [0.2, 0.25) is 0 Å². The van der Waals surface area contributed by atoms with E-state index in [0.717, 1.165) is 12.8 Å². The Morgan fingerprint density at radius 2 is 2.00 bits per heavy atom. The summed E-state index contributed by atoms with van der Waals surface area (Å²) in [5, 5.41) is 0. The first-order valence-corrected chi connectivity index (χ1v) is 6.35. The molecule has 1 saturated heterocycles. The second kappa shape index (κ2) is 4.02. The Kier molecular flexibility index (Phi) is 2.99. The highest BCUT2D eigenvalue weighted by Gasteiger charge is 2.54. The van der Waals surface area contributed by atoms with Crippen LogP contribution in [0.5, 0.6) is 0 Å². The van der Waals surface area contributed by atoms with Crippen LogP contribution < -0.4 is 0 Å². The first-order valence-electron chi connectivity index (χ1n) is 6.35. The number of ether oxygens (including phenoxy) is 2. The molecule has 4 atom stereocenters. The van der Waals surface area contributed by atoms with E-state index in [9.17, 15) is 4.79 Å². The van der Waals surface area contributed by atoms with E-state index in [4.69, 9.17) is 9.47 Å². The molecule has 1 heterocycles. The molecule has 2 aliphatic rings. The summed E-state index contributed by atoms with van der Waals surface area (Å²) in [6.07, 6.45) is 2.76. The van der Waals surface area contributed by atoms with Crippen molar-refractivity contribution in [2.24, 2.45) is 17.8 Å². The molecule has 1 saturated carbocycles. The topological polar surface area (TPSA) is 35.5 Å². The number of carbonyl (C=O) groups excluding carboxylic acids is 1. The summed E-state index contributed by atoms with van der Waals surface area (Å²) in [5.41, 5.74) is 0. The standard InChI is InChI=1S/C13H22O3/c1-8(2)11-6-5-9(3)7-13(11)15-10(4)12(14)16-13/h8-11H,5-7H2,1-4H3/t9-,10?,11+,13?/m1/s1. The summed E-state index contributed by atoms with van der Waals surface area (Å²) in [5.74, 6) is 0.596. The molecule has 0 radical (unpaired) electrons. The molecule has 0 aromatic rings. The van der Waals surface area contributed by atoms with Crippen LogP contribution in [-0.2, 0) is 14.3 Å². The fourth-order valence-electron chi connectivity index (χ4n) is 3.14. The second-order valence-electron chi connectivity index (χ2n) is 5.73. The van der Waals surface area contributed by atoms with Gasteiger partial charge >= 0.3 is 5.97 Å². The van der Waals surface area contributed by atoms with Crippen LogP contribution in [0.3, 0.4) is 0 Å². The predicted molar refractivity (Wildman–Crippen MR) is 60.7 cm³/mol. The lowest BCUT2D eigenvalue weighted by Crippen LogP contribution is -2.46. The van der Waals surface area contributed by atoms with Crippen LogP contribution in [0.4, 0.5) is 0 Å².